The highest BCUT2D eigenvalue weighted by molar-refractivity contribution is 14.0. The zero-order valence-corrected chi connectivity index (χ0v) is 17.1. The van der Waals surface area contributed by atoms with E-state index in [4.69, 9.17) is 4.74 Å². The van der Waals surface area contributed by atoms with E-state index >= 15 is 0 Å². The maximum absolute atomic E-state index is 11.9. The van der Waals surface area contributed by atoms with E-state index in [1.54, 1.807) is 18.4 Å². The molecule has 130 valence electrons. The molecule has 5 nitrogen and oxygen atoms in total. The van der Waals surface area contributed by atoms with Crippen molar-refractivity contribution in [2.24, 2.45) is 10.9 Å². The first-order valence-electron chi connectivity index (χ1n) is 7.81. The first-order chi connectivity index (χ1) is 10.7. The standard InChI is InChI=1S/C16H25N3O2S.HI/c1-4-21-15(20)13-6-5-8-19(11-13)16(17-3)18-10-14-12(2)7-9-22-14;/h7,9,13H,4-6,8,10-11H2,1-3H3,(H,17,18);1H/t13-;/m1./s1. The number of carbonyl (C=O) groups excluding carboxylic acids is 1. The van der Waals surface area contributed by atoms with Crippen molar-refractivity contribution in [1.29, 1.82) is 0 Å². The molecular formula is C16H26IN3O2S. The summed E-state index contributed by atoms with van der Waals surface area (Å²) in [4.78, 5) is 19.8. The second kappa shape index (κ2) is 10.1. The summed E-state index contributed by atoms with van der Waals surface area (Å²) in [6.07, 6.45) is 1.89. The van der Waals surface area contributed by atoms with Gasteiger partial charge in [0.05, 0.1) is 19.1 Å². The Morgan fingerprint density at radius 2 is 2.35 bits per heavy atom. The Balaban J connectivity index is 0.00000264. The second-order valence-electron chi connectivity index (χ2n) is 5.46. The highest BCUT2D eigenvalue weighted by Crippen LogP contribution is 2.19. The zero-order valence-electron chi connectivity index (χ0n) is 14.0. The van der Waals surface area contributed by atoms with Gasteiger partial charge in [0.15, 0.2) is 5.96 Å². The lowest BCUT2D eigenvalue weighted by Gasteiger charge is -2.33. The summed E-state index contributed by atoms with van der Waals surface area (Å²) in [6.45, 7) is 6.80. The number of guanidine groups is 1. The van der Waals surface area contributed by atoms with Gasteiger partial charge in [-0.1, -0.05) is 0 Å². The van der Waals surface area contributed by atoms with E-state index in [9.17, 15) is 4.79 Å². The zero-order chi connectivity index (χ0) is 15.9. The molecule has 1 fully saturated rings. The first-order valence-corrected chi connectivity index (χ1v) is 8.68. The van der Waals surface area contributed by atoms with Crippen molar-refractivity contribution in [2.45, 2.75) is 33.2 Å². The number of likely N-dealkylation sites (tertiary alicyclic amines) is 1. The Labute approximate surface area is 159 Å². The minimum Gasteiger partial charge on any atom is -0.466 e. The quantitative estimate of drug-likeness (QED) is 0.331. The molecule has 1 atom stereocenters. The van der Waals surface area contributed by atoms with Gasteiger partial charge in [-0.05, 0) is 43.7 Å². The van der Waals surface area contributed by atoms with Crippen LogP contribution < -0.4 is 5.32 Å². The molecule has 0 aromatic carbocycles. The van der Waals surface area contributed by atoms with Crippen LogP contribution in [0.1, 0.15) is 30.2 Å². The topological polar surface area (TPSA) is 53.9 Å². The summed E-state index contributed by atoms with van der Waals surface area (Å²) >= 11 is 1.75. The molecule has 1 saturated heterocycles. The van der Waals surface area contributed by atoms with Gasteiger partial charge in [0.25, 0.3) is 0 Å². The highest BCUT2D eigenvalue weighted by Gasteiger charge is 2.28. The molecule has 2 heterocycles. The molecule has 0 bridgehead atoms. The van der Waals surface area contributed by atoms with Gasteiger partial charge >= 0.3 is 5.97 Å². The van der Waals surface area contributed by atoms with Crippen molar-refractivity contribution >= 4 is 47.2 Å². The van der Waals surface area contributed by atoms with E-state index in [1.807, 2.05) is 6.92 Å². The predicted octanol–water partition coefficient (Wildman–Crippen LogP) is 3.03. The Morgan fingerprint density at radius 3 is 2.96 bits per heavy atom. The number of aryl methyl sites for hydroxylation is 1. The molecular weight excluding hydrogens is 425 g/mol. The lowest BCUT2D eigenvalue weighted by atomic mass is 9.98. The monoisotopic (exact) mass is 451 g/mol. The number of rotatable bonds is 4. The van der Waals surface area contributed by atoms with Crippen molar-refractivity contribution < 1.29 is 9.53 Å². The summed E-state index contributed by atoms with van der Waals surface area (Å²) in [7, 11) is 1.79. The molecule has 1 aliphatic heterocycles. The van der Waals surface area contributed by atoms with E-state index in [-0.39, 0.29) is 35.9 Å². The summed E-state index contributed by atoms with van der Waals surface area (Å²) in [6, 6.07) is 2.13. The molecule has 2 rings (SSSR count). The SMILES string of the molecule is CCOC(=O)[C@@H]1CCCN(C(=NC)NCc2sccc2C)C1.I. The smallest absolute Gasteiger partial charge is 0.310 e. The molecule has 7 heteroatoms. The van der Waals surface area contributed by atoms with Gasteiger partial charge in [0, 0.05) is 25.0 Å². The van der Waals surface area contributed by atoms with Crippen LogP contribution in [0.2, 0.25) is 0 Å². The summed E-state index contributed by atoms with van der Waals surface area (Å²) < 4.78 is 5.15. The first kappa shape index (κ1) is 20.2. The minimum absolute atomic E-state index is 0. The maximum atomic E-state index is 11.9. The number of hydrogen-bond acceptors (Lipinski definition) is 4. The molecule has 0 saturated carbocycles. The van der Waals surface area contributed by atoms with Gasteiger partial charge in [-0.15, -0.1) is 35.3 Å². The van der Waals surface area contributed by atoms with E-state index in [0.29, 0.717) is 13.2 Å². The number of hydrogen-bond donors (Lipinski definition) is 1. The van der Waals surface area contributed by atoms with Crippen LogP contribution in [0.25, 0.3) is 0 Å². The van der Waals surface area contributed by atoms with Crippen LogP contribution in [0.3, 0.4) is 0 Å². The Bertz CT molecular complexity index is 533. The van der Waals surface area contributed by atoms with Gasteiger partial charge in [0.1, 0.15) is 0 Å². The fraction of sp³-hybridized carbons (Fsp3) is 0.625. The van der Waals surface area contributed by atoms with Crippen LogP contribution in [-0.2, 0) is 16.1 Å². The van der Waals surface area contributed by atoms with Gasteiger partial charge in [-0.25, -0.2) is 0 Å². The predicted molar refractivity (Wildman–Crippen MR) is 106 cm³/mol. The number of halogens is 1. The number of ether oxygens (including phenoxy) is 1. The van der Waals surface area contributed by atoms with Crippen LogP contribution in [0.4, 0.5) is 0 Å². The molecule has 0 amide bonds. The lowest BCUT2D eigenvalue weighted by molar-refractivity contribution is -0.149. The Kier molecular flexibility index (Phi) is 8.90. The number of carbonyl (C=O) groups is 1. The molecule has 0 radical (unpaired) electrons. The molecule has 0 unspecified atom stereocenters. The average molecular weight is 451 g/mol. The van der Waals surface area contributed by atoms with Gasteiger partial charge in [0.2, 0.25) is 0 Å². The van der Waals surface area contributed by atoms with Crippen LogP contribution in [0.5, 0.6) is 0 Å². The number of piperidine rings is 1. The summed E-state index contributed by atoms with van der Waals surface area (Å²) in [5.74, 6) is 0.731. The van der Waals surface area contributed by atoms with Crippen LogP contribution >= 0.6 is 35.3 Å². The van der Waals surface area contributed by atoms with Crippen molar-refractivity contribution in [3.05, 3.63) is 21.9 Å². The number of thiophene rings is 1. The molecule has 23 heavy (non-hydrogen) atoms. The minimum atomic E-state index is -0.0863. The third-order valence-electron chi connectivity index (χ3n) is 3.93. The summed E-state index contributed by atoms with van der Waals surface area (Å²) in [5.41, 5.74) is 1.30. The lowest BCUT2D eigenvalue weighted by Crippen LogP contribution is -2.48. The maximum Gasteiger partial charge on any atom is 0.310 e. The Hall–Kier alpha value is -0.830. The van der Waals surface area contributed by atoms with Crippen LogP contribution in [0, 0.1) is 12.8 Å². The van der Waals surface area contributed by atoms with Crippen LogP contribution in [0.15, 0.2) is 16.4 Å². The van der Waals surface area contributed by atoms with Gasteiger partial charge in [-0.2, -0.15) is 0 Å². The number of nitrogens with one attached hydrogen (secondary N) is 1. The fourth-order valence-corrected chi connectivity index (χ4v) is 3.54. The van der Waals surface area contributed by atoms with E-state index in [1.165, 1.54) is 10.4 Å². The largest absolute Gasteiger partial charge is 0.466 e. The summed E-state index contributed by atoms with van der Waals surface area (Å²) in [5, 5.41) is 5.51. The van der Waals surface area contributed by atoms with Crippen LogP contribution in [-0.4, -0.2) is 43.6 Å². The highest BCUT2D eigenvalue weighted by atomic mass is 127. The van der Waals surface area contributed by atoms with Crippen molar-refractivity contribution in [2.75, 3.05) is 26.7 Å². The number of esters is 1. The Morgan fingerprint density at radius 1 is 1.57 bits per heavy atom. The van der Waals surface area contributed by atoms with Gasteiger partial charge in [-0.3, -0.25) is 9.79 Å². The molecule has 0 spiro atoms. The normalized spacial score (nSPS) is 18.3. The van der Waals surface area contributed by atoms with Crippen molar-refractivity contribution in [3.63, 3.8) is 0 Å². The number of nitrogens with zero attached hydrogens (tertiary/aromatic N) is 2. The average Bonchev–Trinajstić information content (AvgIpc) is 2.94. The fourth-order valence-electron chi connectivity index (χ4n) is 2.70. The molecule has 0 aliphatic carbocycles. The van der Waals surface area contributed by atoms with Gasteiger partial charge < -0.3 is 15.0 Å². The van der Waals surface area contributed by atoms with Crippen molar-refractivity contribution in [3.8, 4) is 0 Å². The third-order valence-corrected chi connectivity index (χ3v) is 4.95. The van der Waals surface area contributed by atoms with Crippen molar-refractivity contribution in [1.82, 2.24) is 10.2 Å². The third kappa shape index (κ3) is 5.63. The molecule has 1 aromatic heterocycles. The second-order valence-corrected chi connectivity index (χ2v) is 6.47. The number of aliphatic imine (C=N–C) groups is 1. The van der Waals surface area contributed by atoms with E-state index in [0.717, 1.165) is 31.9 Å². The molecule has 1 aromatic rings. The molecule has 1 aliphatic rings. The van der Waals surface area contributed by atoms with E-state index < -0.39 is 0 Å². The molecule has 1 N–H and O–H groups in total. The van der Waals surface area contributed by atoms with E-state index in [2.05, 4.69) is 33.6 Å².